The minimum absolute atomic E-state index is 0.00758. The topological polar surface area (TPSA) is 127 Å². The summed E-state index contributed by atoms with van der Waals surface area (Å²) in [5, 5.41) is 2.66. The van der Waals surface area contributed by atoms with Gasteiger partial charge in [0.25, 0.3) is 15.9 Å². The predicted octanol–water partition coefficient (Wildman–Crippen LogP) is 4.21. The molecule has 2 heterocycles. The fourth-order valence-corrected chi connectivity index (χ4v) is 6.17. The molecule has 1 amide bonds. The molecule has 0 fully saturated rings. The van der Waals surface area contributed by atoms with Crippen LogP contribution in [0.4, 0.5) is 24.5 Å². The molecule has 2 aromatic heterocycles. The van der Waals surface area contributed by atoms with E-state index in [9.17, 15) is 34.8 Å². The summed E-state index contributed by atoms with van der Waals surface area (Å²) in [6.45, 7) is 0.727. The van der Waals surface area contributed by atoms with Gasteiger partial charge in [-0.3, -0.25) is 13.9 Å². The lowest BCUT2D eigenvalue weighted by molar-refractivity contribution is 0.101. The van der Waals surface area contributed by atoms with E-state index in [2.05, 4.69) is 10.3 Å². The van der Waals surface area contributed by atoms with Gasteiger partial charge < -0.3 is 5.32 Å². The number of hydrogen-bond acceptors (Lipinski definition) is 6. The van der Waals surface area contributed by atoms with Gasteiger partial charge in [0.2, 0.25) is 10.0 Å². The number of amides is 1. The first-order chi connectivity index (χ1) is 17.9. The highest BCUT2D eigenvalue weighted by Gasteiger charge is 2.25. The van der Waals surface area contributed by atoms with Crippen LogP contribution in [0.1, 0.15) is 22.3 Å². The number of anilines is 2. The Kier molecular flexibility index (Phi) is 7.47. The van der Waals surface area contributed by atoms with Crippen molar-refractivity contribution in [2.75, 3.05) is 22.5 Å². The van der Waals surface area contributed by atoms with E-state index in [4.69, 9.17) is 0 Å². The van der Waals surface area contributed by atoms with Crippen LogP contribution in [-0.4, -0.2) is 44.1 Å². The fraction of sp³-hybridized carbons (Fsp3) is 0.167. The number of fused-ring (bicyclic) bond motifs is 1. The number of aryl methyl sites for hydroxylation is 1. The summed E-state index contributed by atoms with van der Waals surface area (Å²) in [5.74, 6) is -4.58. The highest BCUT2D eigenvalue weighted by atomic mass is 32.2. The third kappa shape index (κ3) is 5.36. The van der Waals surface area contributed by atoms with E-state index in [1.54, 1.807) is 25.1 Å². The highest BCUT2D eigenvalue weighted by molar-refractivity contribution is 7.92. The SMILES string of the molecule is Cc1cn(S(=O)(=O)c2ccccc2)c2ncc(NC(=O)c3c(F)ccc(NS(=O)(=O)CCCF)c3F)cc12. The Morgan fingerprint density at radius 2 is 1.76 bits per heavy atom. The van der Waals surface area contributed by atoms with Gasteiger partial charge in [-0.2, -0.15) is 0 Å². The number of alkyl halides is 1. The van der Waals surface area contributed by atoms with E-state index in [1.807, 2.05) is 4.72 Å². The second-order valence-electron chi connectivity index (χ2n) is 8.22. The molecule has 9 nitrogen and oxygen atoms in total. The number of rotatable bonds is 9. The molecular weight excluding hydrogens is 545 g/mol. The second-order valence-corrected chi connectivity index (χ2v) is 11.9. The quantitative estimate of drug-likeness (QED) is 0.313. The molecule has 0 aliphatic heterocycles. The number of nitrogens with one attached hydrogen (secondary N) is 2. The number of aromatic nitrogens is 2. The van der Waals surface area contributed by atoms with Gasteiger partial charge in [-0.25, -0.2) is 34.6 Å². The maximum Gasteiger partial charge on any atom is 0.269 e. The summed E-state index contributed by atoms with van der Waals surface area (Å²) < 4.78 is 94.7. The third-order valence-electron chi connectivity index (χ3n) is 5.50. The number of pyridine rings is 1. The summed E-state index contributed by atoms with van der Waals surface area (Å²) in [5.41, 5.74) is -1.15. The van der Waals surface area contributed by atoms with Crippen LogP contribution in [0, 0.1) is 18.6 Å². The third-order valence-corrected chi connectivity index (χ3v) is 8.52. The molecule has 200 valence electrons. The summed E-state index contributed by atoms with van der Waals surface area (Å²) in [4.78, 5) is 17.0. The smallest absolute Gasteiger partial charge is 0.269 e. The Morgan fingerprint density at radius 3 is 2.45 bits per heavy atom. The molecule has 0 spiro atoms. The van der Waals surface area contributed by atoms with Crippen LogP contribution in [-0.2, 0) is 20.0 Å². The molecule has 0 saturated carbocycles. The molecule has 2 aromatic carbocycles. The van der Waals surface area contributed by atoms with Gasteiger partial charge in [0, 0.05) is 11.6 Å². The van der Waals surface area contributed by atoms with E-state index in [0.717, 1.165) is 16.2 Å². The Balaban J connectivity index is 1.65. The molecule has 4 aromatic rings. The molecule has 0 radical (unpaired) electrons. The molecule has 2 N–H and O–H groups in total. The van der Waals surface area contributed by atoms with E-state index in [0.29, 0.717) is 17.0 Å². The Hall–Kier alpha value is -3.91. The molecule has 0 saturated heterocycles. The van der Waals surface area contributed by atoms with Crippen LogP contribution >= 0.6 is 0 Å². The van der Waals surface area contributed by atoms with Crippen molar-refractivity contribution in [3.63, 3.8) is 0 Å². The Bertz CT molecular complexity index is 1740. The summed E-state index contributed by atoms with van der Waals surface area (Å²) in [6, 6.07) is 10.6. The number of sulfonamides is 1. The first kappa shape index (κ1) is 27.1. The molecule has 0 bridgehead atoms. The standard InChI is InChI=1S/C24H21F3N4O5S2/c1-15-14-31(38(35,36)17-6-3-2-4-7-17)23-18(15)12-16(13-28-23)29-24(32)21-19(26)8-9-20(22(21)27)30-37(33,34)11-5-10-25/h2-4,6-9,12-14,30H,5,10-11H2,1H3,(H,29,32). The van der Waals surface area contributed by atoms with Crippen LogP contribution in [0.5, 0.6) is 0 Å². The molecule has 0 unspecified atom stereocenters. The number of carbonyl (C=O) groups excluding carboxylic acids is 1. The van der Waals surface area contributed by atoms with Crippen LogP contribution in [0.15, 0.2) is 65.8 Å². The zero-order chi connectivity index (χ0) is 27.7. The molecule has 4 rings (SSSR count). The monoisotopic (exact) mass is 566 g/mol. The zero-order valence-corrected chi connectivity index (χ0v) is 21.4. The van der Waals surface area contributed by atoms with Gasteiger partial charge in [0.15, 0.2) is 11.5 Å². The lowest BCUT2D eigenvalue weighted by Gasteiger charge is -2.12. The molecule has 0 aliphatic rings. The van der Waals surface area contributed by atoms with Gasteiger partial charge in [0.1, 0.15) is 11.4 Å². The van der Waals surface area contributed by atoms with Crippen LogP contribution < -0.4 is 10.0 Å². The maximum absolute atomic E-state index is 15.0. The van der Waals surface area contributed by atoms with Crippen molar-refractivity contribution in [3.8, 4) is 0 Å². The summed E-state index contributed by atoms with van der Waals surface area (Å²) in [7, 11) is -8.11. The number of hydrogen-bond donors (Lipinski definition) is 2. The summed E-state index contributed by atoms with van der Waals surface area (Å²) >= 11 is 0. The molecule has 38 heavy (non-hydrogen) atoms. The minimum atomic E-state index is -4.14. The minimum Gasteiger partial charge on any atom is -0.320 e. The second kappa shape index (κ2) is 10.5. The van der Waals surface area contributed by atoms with Crippen molar-refractivity contribution >= 4 is 48.4 Å². The predicted molar refractivity (Wildman–Crippen MR) is 136 cm³/mol. The van der Waals surface area contributed by atoms with E-state index in [1.165, 1.54) is 24.4 Å². The van der Waals surface area contributed by atoms with E-state index in [-0.39, 0.29) is 22.7 Å². The van der Waals surface area contributed by atoms with Crippen LogP contribution in [0.2, 0.25) is 0 Å². The Labute approximate surface area is 216 Å². The van der Waals surface area contributed by atoms with Crippen molar-refractivity contribution in [1.82, 2.24) is 8.96 Å². The number of carbonyl (C=O) groups is 1. The molecular formula is C24H21F3N4O5S2. The average Bonchev–Trinajstić information content (AvgIpc) is 3.21. The van der Waals surface area contributed by atoms with Crippen molar-refractivity contribution < 1.29 is 34.8 Å². The normalized spacial score (nSPS) is 12.0. The first-order valence-corrected chi connectivity index (χ1v) is 14.2. The van der Waals surface area contributed by atoms with Gasteiger partial charge in [-0.1, -0.05) is 18.2 Å². The Morgan fingerprint density at radius 1 is 1.05 bits per heavy atom. The van der Waals surface area contributed by atoms with Gasteiger partial charge in [-0.05, 0) is 49.2 Å². The van der Waals surface area contributed by atoms with E-state index < -0.39 is 61.3 Å². The number of halogens is 3. The lowest BCUT2D eigenvalue weighted by atomic mass is 10.1. The maximum atomic E-state index is 15.0. The van der Waals surface area contributed by atoms with Gasteiger partial charge in [0.05, 0.1) is 34.9 Å². The molecule has 0 aliphatic carbocycles. The van der Waals surface area contributed by atoms with Crippen LogP contribution in [0.3, 0.4) is 0 Å². The number of nitrogens with zero attached hydrogens (tertiary/aromatic N) is 2. The van der Waals surface area contributed by atoms with Crippen molar-refractivity contribution in [3.05, 3.63) is 83.7 Å². The highest BCUT2D eigenvalue weighted by Crippen LogP contribution is 2.28. The largest absolute Gasteiger partial charge is 0.320 e. The first-order valence-electron chi connectivity index (χ1n) is 11.1. The zero-order valence-electron chi connectivity index (χ0n) is 19.8. The van der Waals surface area contributed by atoms with Gasteiger partial charge >= 0.3 is 0 Å². The lowest BCUT2D eigenvalue weighted by Crippen LogP contribution is -2.21. The fourth-order valence-electron chi connectivity index (χ4n) is 3.68. The van der Waals surface area contributed by atoms with E-state index >= 15 is 0 Å². The average molecular weight is 567 g/mol. The van der Waals surface area contributed by atoms with Crippen molar-refractivity contribution in [1.29, 1.82) is 0 Å². The molecule has 0 atom stereocenters. The van der Waals surface area contributed by atoms with Crippen molar-refractivity contribution in [2.45, 2.75) is 18.2 Å². The van der Waals surface area contributed by atoms with Crippen molar-refractivity contribution in [2.24, 2.45) is 0 Å². The number of benzene rings is 2. The van der Waals surface area contributed by atoms with Crippen LogP contribution in [0.25, 0.3) is 11.0 Å². The molecule has 14 heteroatoms. The summed E-state index contributed by atoms with van der Waals surface area (Å²) in [6.07, 6.45) is 2.16. The van der Waals surface area contributed by atoms with Gasteiger partial charge in [-0.15, -0.1) is 0 Å².